The highest BCUT2D eigenvalue weighted by atomic mass is 32.2. The fraction of sp³-hybridized carbons (Fsp3) is 0.0714. The number of anilines is 1. The largest absolute Gasteiger partial charge is 0.497 e. The minimum absolute atomic E-state index is 0.0660. The third kappa shape index (κ3) is 3.30. The molecule has 0 saturated carbocycles. The molecule has 0 spiro atoms. The average Bonchev–Trinajstić information content (AvgIpc) is 2.49. The summed E-state index contributed by atoms with van der Waals surface area (Å²) < 4.78 is 45.0. The van der Waals surface area contributed by atoms with Crippen LogP contribution in [-0.2, 0) is 10.0 Å². The first kappa shape index (κ1) is 14.8. The fourth-order valence-electron chi connectivity index (χ4n) is 1.62. The Balaban J connectivity index is 2.35. The Hall–Kier alpha value is -2.59. The van der Waals surface area contributed by atoms with Gasteiger partial charge in [0.25, 0.3) is 10.0 Å². The van der Waals surface area contributed by atoms with E-state index in [4.69, 9.17) is 10.00 Å². The van der Waals surface area contributed by atoms with Gasteiger partial charge >= 0.3 is 0 Å². The third-order valence-electron chi connectivity index (χ3n) is 2.71. The number of sulfonamides is 1. The van der Waals surface area contributed by atoms with Crippen LogP contribution in [0.15, 0.2) is 47.4 Å². The summed E-state index contributed by atoms with van der Waals surface area (Å²) in [6, 6.07) is 10.9. The van der Waals surface area contributed by atoms with Crippen LogP contribution in [0.25, 0.3) is 0 Å². The summed E-state index contributed by atoms with van der Waals surface area (Å²) in [5.41, 5.74) is 0.125. The molecule has 0 saturated heterocycles. The van der Waals surface area contributed by atoms with Crippen molar-refractivity contribution >= 4 is 15.7 Å². The molecule has 0 fully saturated rings. The second kappa shape index (κ2) is 5.81. The van der Waals surface area contributed by atoms with Gasteiger partial charge in [-0.25, -0.2) is 12.8 Å². The Labute approximate surface area is 121 Å². The molecule has 108 valence electrons. The van der Waals surface area contributed by atoms with E-state index in [9.17, 15) is 12.8 Å². The molecule has 0 heterocycles. The molecule has 2 rings (SSSR count). The van der Waals surface area contributed by atoms with Crippen LogP contribution >= 0.6 is 0 Å². The summed E-state index contributed by atoms with van der Waals surface area (Å²) in [5.74, 6) is -0.387. The molecule has 0 aliphatic rings. The molecule has 0 aliphatic heterocycles. The van der Waals surface area contributed by atoms with Crippen molar-refractivity contribution in [3.8, 4) is 11.8 Å². The van der Waals surface area contributed by atoms with E-state index in [0.29, 0.717) is 11.3 Å². The second-order valence-corrected chi connectivity index (χ2v) is 5.77. The number of halogens is 1. The summed E-state index contributed by atoms with van der Waals surface area (Å²) in [7, 11) is -2.55. The van der Waals surface area contributed by atoms with Crippen LogP contribution in [-0.4, -0.2) is 15.5 Å². The number of nitrogens with zero attached hydrogens (tertiary/aromatic N) is 1. The molecule has 21 heavy (non-hydrogen) atoms. The van der Waals surface area contributed by atoms with Crippen LogP contribution in [0.5, 0.6) is 5.75 Å². The van der Waals surface area contributed by atoms with Crippen molar-refractivity contribution in [2.24, 2.45) is 0 Å². The monoisotopic (exact) mass is 306 g/mol. The van der Waals surface area contributed by atoms with Crippen molar-refractivity contribution in [3.63, 3.8) is 0 Å². The molecular formula is C14H11FN2O3S. The van der Waals surface area contributed by atoms with Gasteiger partial charge in [-0.1, -0.05) is 0 Å². The van der Waals surface area contributed by atoms with Gasteiger partial charge < -0.3 is 4.74 Å². The van der Waals surface area contributed by atoms with Crippen LogP contribution in [0.4, 0.5) is 10.1 Å². The zero-order valence-electron chi connectivity index (χ0n) is 11.0. The molecule has 0 aromatic heterocycles. The number of nitriles is 1. The summed E-state index contributed by atoms with van der Waals surface area (Å²) in [6.45, 7) is 0. The van der Waals surface area contributed by atoms with Gasteiger partial charge in [0.1, 0.15) is 11.6 Å². The zero-order valence-corrected chi connectivity index (χ0v) is 11.8. The lowest BCUT2D eigenvalue weighted by atomic mass is 10.2. The molecule has 0 atom stereocenters. The Morgan fingerprint density at radius 3 is 2.43 bits per heavy atom. The molecule has 0 amide bonds. The predicted octanol–water partition coefficient (Wildman–Crippen LogP) is 2.51. The minimum atomic E-state index is -3.94. The van der Waals surface area contributed by atoms with E-state index < -0.39 is 15.8 Å². The predicted molar refractivity (Wildman–Crippen MR) is 74.9 cm³/mol. The quantitative estimate of drug-likeness (QED) is 0.941. The van der Waals surface area contributed by atoms with Crippen LogP contribution in [0.2, 0.25) is 0 Å². The number of hydrogen-bond donors (Lipinski definition) is 1. The number of methoxy groups -OCH3 is 1. The van der Waals surface area contributed by atoms with Gasteiger partial charge in [-0.15, -0.1) is 0 Å². The van der Waals surface area contributed by atoms with Crippen molar-refractivity contribution in [3.05, 3.63) is 53.8 Å². The van der Waals surface area contributed by atoms with Crippen LogP contribution < -0.4 is 9.46 Å². The molecule has 7 heteroatoms. The highest BCUT2D eigenvalue weighted by molar-refractivity contribution is 7.92. The lowest BCUT2D eigenvalue weighted by molar-refractivity contribution is 0.414. The Kier molecular flexibility index (Phi) is 4.10. The lowest BCUT2D eigenvalue weighted by Crippen LogP contribution is -2.14. The van der Waals surface area contributed by atoms with Gasteiger partial charge in [0, 0.05) is 6.07 Å². The number of ether oxygens (including phenoxy) is 1. The Morgan fingerprint density at radius 2 is 1.86 bits per heavy atom. The van der Waals surface area contributed by atoms with Crippen LogP contribution in [0.1, 0.15) is 5.56 Å². The minimum Gasteiger partial charge on any atom is -0.497 e. The molecule has 0 bridgehead atoms. The van der Waals surface area contributed by atoms with Crippen molar-refractivity contribution in [2.75, 3.05) is 11.8 Å². The maximum Gasteiger partial charge on any atom is 0.261 e. The molecule has 0 unspecified atom stereocenters. The third-order valence-corrected chi connectivity index (χ3v) is 4.09. The van der Waals surface area contributed by atoms with Gasteiger partial charge in [0.2, 0.25) is 0 Å². The van der Waals surface area contributed by atoms with Crippen LogP contribution in [0, 0.1) is 17.1 Å². The van der Waals surface area contributed by atoms with Crippen molar-refractivity contribution in [1.29, 1.82) is 5.26 Å². The summed E-state index contributed by atoms with van der Waals surface area (Å²) in [4.78, 5) is -0.0660. The summed E-state index contributed by atoms with van der Waals surface area (Å²) in [5, 5.41) is 8.68. The number of rotatable bonds is 4. The number of hydrogen-bond acceptors (Lipinski definition) is 4. The molecule has 2 aromatic rings. The van der Waals surface area contributed by atoms with Gasteiger partial charge in [-0.3, -0.25) is 4.72 Å². The second-order valence-electron chi connectivity index (χ2n) is 4.09. The standard InChI is InChI=1S/C14H11FN2O3S/c1-20-11-4-7-13(15)14(8-11)17-21(18,19)12-5-2-10(9-16)3-6-12/h2-8,17H,1H3. The number of nitrogens with one attached hydrogen (secondary N) is 1. The Morgan fingerprint density at radius 1 is 1.19 bits per heavy atom. The lowest BCUT2D eigenvalue weighted by Gasteiger charge is -2.10. The first-order valence-corrected chi connectivity index (χ1v) is 7.31. The average molecular weight is 306 g/mol. The van der Waals surface area contributed by atoms with Gasteiger partial charge in [-0.05, 0) is 36.4 Å². The van der Waals surface area contributed by atoms with Crippen molar-refractivity contribution < 1.29 is 17.5 Å². The molecule has 1 N–H and O–H groups in total. The number of benzene rings is 2. The molecule has 0 radical (unpaired) electrons. The van der Waals surface area contributed by atoms with Gasteiger partial charge in [-0.2, -0.15) is 5.26 Å². The molecule has 2 aromatic carbocycles. The van der Waals surface area contributed by atoms with E-state index in [1.807, 2.05) is 6.07 Å². The zero-order chi connectivity index (χ0) is 15.5. The topological polar surface area (TPSA) is 79.2 Å². The van der Waals surface area contributed by atoms with E-state index in [0.717, 1.165) is 6.07 Å². The normalized spacial score (nSPS) is 10.7. The molecule has 0 aliphatic carbocycles. The highest BCUT2D eigenvalue weighted by Crippen LogP contribution is 2.24. The summed E-state index contributed by atoms with van der Waals surface area (Å²) >= 11 is 0. The SMILES string of the molecule is COc1ccc(F)c(NS(=O)(=O)c2ccc(C#N)cc2)c1. The smallest absolute Gasteiger partial charge is 0.261 e. The van der Waals surface area contributed by atoms with Crippen molar-refractivity contribution in [2.45, 2.75) is 4.90 Å². The highest BCUT2D eigenvalue weighted by Gasteiger charge is 2.16. The maximum absolute atomic E-state index is 13.6. The molecular weight excluding hydrogens is 295 g/mol. The van der Waals surface area contributed by atoms with Crippen molar-refractivity contribution in [1.82, 2.24) is 0 Å². The van der Waals surface area contributed by atoms with Gasteiger partial charge in [0.05, 0.1) is 29.3 Å². The first-order valence-electron chi connectivity index (χ1n) is 5.83. The maximum atomic E-state index is 13.6. The summed E-state index contributed by atoms with van der Waals surface area (Å²) in [6.07, 6.45) is 0. The van der Waals surface area contributed by atoms with E-state index in [1.165, 1.54) is 43.5 Å². The fourth-order valence-corrected chi connectivity index (χ4v) is 2.68. The van der Waals surface area contributed by atoms with E-state index in [1.54, 1.807) is 0 Å². The van der Waals surface area contributed by atoms with E-state index in [2.05, 4.69) is 4.72 Å². The van der Waals surface area contributed by atoms with Gasteiger partial charge in [0.15, 0.2) is 0 Å². The first-order chi connectivity index (χ1) is 9.96. The van der Waals surface area contributed by atoms with Crippen LogP contribution in [0.3, 0.4) is 0 Å². The Bertz CT molecular complexity index is 796. The van der Waals surface area contributed by atoms with E-state index in [-0.39, 0.29) is 10.6 Å². The molecule has 5 nitrogen and oxygen atoms in total. The van der Waals surface area contributed by atoms with E-state index >= 15 is 0 Å².